The number of amides is 2. The molecule has 0 radical (unpaired) electrons. The topological polar surface area (TPSA) is 98.1 Å². The molecule has 2 heterocycles. The highest BCUT2D eigenvalue weighted by atomic mass is 32.2. The number of hydrogen-bond acceptors (Lipinski definition) is 6. The molecule has 2 N–H and O–H groups in total. The van der Waals surface area contributed by atoms with E-state index in [1.54, 1.807) is 18.2 Å². The third kappa shape index (κ3) is 4.24. The van der Waals surface area contributed by atoms with E-state index >= 15 is 0 Å². The molecule has 8 nitrogen and oxygen atoms in total. The zero-order valence-electron chi connectivity index (χ0n) is 15.7. The zero-order chi connectivity index (χ0) is 20.2. The van der Waals surface area contributed by atoms with Crippen molar-refractivity contribution in [3.8, 4) is 5.75 Å². The van der Waals surface area contributed by atoms with Crippen LogP contribution in [0.4, 0.5) is 11.6 Å². The van der Waals surface area contributed by atoms with Crippen molar-refractivity contribution in [2.75, 3.05) is 17.7 Å². The molecule has 2 amide bonds. The normalized spacial score (nSPS) is 15.3. The third-order valence-electron chi connectivity index (χ3n) is 4.42. The fourth-order valence-corrected chi connectivity index (χ4v) is 3.78. The molecule has 148 valence electrons. The molecule has 3 aromatic rings. The van der Waals surface area contributed by atoms with Gasteiger partial charge in [0, 0.05) is 5.75 Å². The molecule has 0 saturated heterocycles. The van der Waals surface area contributed by atoms with Gasteiger partial charge < -0.3 is 10.1 Å². The fraction of sp³-hybridized carbons (Fsp3) is 0.200. The first-order chi connectivity index (χ1) is 14.1. The minimum Gasteiger partial charge on any atom is -0.495 e. The van der Waals surface area contributed by atoms with Gasteiger partial charge in [-0.2, -0.15) is 4.98 Å². The third-order valence-corrected chi connectivity index (χ3v) is 5.32. The smallest absolute Gasteiger partial charge is 0.250 e. The summed E-state index contributed by atoms with van der Waals surface area (Å²) in [7, 11) is 1.53. The molecule has 0 spiro atoms. The van der Waals surface area contributed by atoms with Crippen LogP contribution in [-0.2, 0) is 15.3 Å². The van der Waals surface area contributed by atoms with Crippen LogP contribution in [-0.4, -0.2) is 33.7 Å². The van der Waals surface area contributed by atoms with E-state index in [9.17, 15) is 9.59 Å². The number of nitrogens with zero attached hydrogens (tertiary/aromatic N) is 3. The number of rotatable bonds is 6. The highest BCUT2D eigenvalue weighted by molar-refractivity contribution is 7.98. The van der Waals surface area contributed by atoms with Crippen LogP contribution in [0.3, 0.4) is 0 Å². The van der Waals surface area contributed by atoms with E-state index in [-0.39, 0.29) is 24.2 Å². The van der Waals surface area contributed by atoms with Crippen molar-refractivity contribution in [1.29, 1.82) is 0 Å². The summed E-state index contributed by atoms with van der Waals surface area (Å²) in [5.74, 6) is 0.881. The van der Waals surface area contributed by atoms with E-state index in [1.165, 1.54) is 23.6 Å². The number of thioether (sulfide) groups is 1. The van der Waals surface area contributed by atoms with E-state index in [0.29, 0.717) is 22.3 Å². The average Bonchev–Trinajstić information content (AvgIpc) is 3.15. The summed E-state index contributed by atoms with van der Waals surface area (Å²) in [6, 6.07) is 16.3. The Morgan fingerprint density at radius 3 is 2.79 bits per heavy atom. The fourth-order valence-electron chi connectivity index (χ4n) is 3.00. The Bertz CT molecular complexity index is 1040. The van der Waals surface area contributed by atoms with Crippen molar-refractivity contribution in [2.24, 2.45) is 0 Å². The van der Waals surface area contributed by atoms with Crippen molar-refractivity contribution in [3.05, 3.63) is 60.2 Å². The van der Waals surface area contributed by atoms with Gasteiger partial charge in [-0.1, -0.05) is 54.2 Å². The minimum atomic E-state index is -0.790. The second-order valence-electron chi connectivity index (χ2n) is 6.39. The summed E-state index contributed by atoms with van der Waals surface area (Å²) < 4.78 is 6.74. The average molecular weight is 409 g/mol. The van der Waals surface area contributed by atoms with Gasteiger partial charge in [0.05, 0.1) is 19.2 Å². The quantitative estimate of drug-likeness (QED) is 0.607. The maximum atomic E-state index is 12.9. The summed E-state index contributed by atoms with van der Waals surface area (Å²) in [4.78, 5) is 29.4. The highest BCUT2D eigenvalue weighted by Crippen LogP contribution is 2.30. The van der Waals surface area contributed by atoms with Gasteiger partial charge in [-0.25, -0.2) is 4.68 Å². The molecule has 2 aromatic carbocycles. The summed E-state index contributed by atoms with van der Waals surface area (Å²) in [5.41, 5.74) is 1.67. The van der Waals surface area contributed by atoms with Gasteiger partial charge in [-0.3, -0.25) is 14.9 Å². The van der Waals surface area contributed by atoms with Gasteiger partial charge in [-0.05, 0) is 17.7 Å². The molecule has 1 aliphatic heterocycles. The summed E-state index contributed by atoms with van der Waals surface area (Å²) in [5, 5.41) is 10.5. The van der Waals surface area contributed by atoms with Crippen LogP contribution in [0.2, 0.25) is 0 Å². The van der Waals surface area contributed by atoms with Gasteiger partial charge in [-0.15, -0.1) is 5.10 Å². The largest absolute Gasteiger partial charge is 0.495 e. The van der Waals surface area contributed by atoms with E-state index < -0.39 is 6.04 Å². The van der Waals surface area contributed by atoms with Crippen molar-refractivity contribution in [2.45, 2.75) is 23.4 Å². The molecular weight excluding hydrogens is 390 g/mol. The van der Waals surface area contributed by atoms with E-state index in [0.717, 1.165) is 5.56 Å². The lowest BCUT2D eigenvalue weighted by Gasteiger charge is -2.22. The first-order valence-corrected chi connectivity index (χ1v) is 9.99. The Balaban J connectivity index is 1.53. The molecule has 0 saturated carbocycles. The number of nitrogens with one attached hydrogen (secondary N) is 2. The molecule has 1 unspecified atom stereocenters. The van der Waals surface area contributed by atoms with Crippen LogP contribution in [0, 0.1) is 0 Å². The van der Waals surface area contributed by atoms with Crippen LogP contribution in [0.1, 0.15) is 18.0 Å². The van der Waals surface area contributed by atoms with Gasteiger partial charge in [0.1, 0.15) is 11.8 Å². The molecule has 1 aliphatic rings. The van der Waals surface area contributed by atoms with Gasteiger partial charge in [0.2, 0.25) is 22.9 Å². The highest BCUT2D eigenvalue weighted by Gasteiger charge is 2.33. The molecule has 1 aromatic heterocycles. The molecule has 29 heavy (non-hydrogen) atoms. The standard InChI is InChI=1S/C20H19N5O3S/c1-28-16-10-6-5-9-14(16)21-18(27)15-11-17(26)22-19-23-20(24-25(15)19)29-12-13-7-3-2-4-8-13/h2-10,15H,11-12H2,1H3,(H,21,27)(H,22,23,24,26). The van der Waals surface area contributed by atoms with Crippen LogP contribution in [0.25, 0.3) is 0 Å². The summed E-state index contributed by atoms with van der Waals surface area (Å²) in [6.45, 7) is 0. The number of hydrogen-bond donors (Lipinski definition) is 2. The molecule has 0 fully saturated rings. The second kappa shape index (κ2) is 8.36. The predicted molar refractivity (Wildman–Crippen MR) is 110 cm³/mol. The lowest BCUT2D eigenvalue weighted by atomic mass is 10.1. The summed E-state index contributed by atoms with van der Waals surface area (Å²) >= 11 is 1.45. The maximum Gasteiger partial charge on any atom is 0.250 e. The number of methoxy groups -OCH3 is 1. The number of anilines is 2. The Kier molecular flexibility index (Phi) is 5.48. The number of benzene rings is 2. The Hall–Kier alpha value is -3.33. The number of carbonyl (C=O) groups is 2. The van der Waals surface area contributed by atoms with Crippen LogP contribution < -0.4 is 15.4 Å². The SMILES string of the molecule is COc1ccccc1NC(=O)C1CC(=O)Nc2nc(SCc3ccccc3)nn21. The maximum absolute atomic E-state index is 12.9. The number of para-hydroxylation sites is 2. The van der Waals surface area contributed by atoms with Gasteiger partial charge in [0.15, 0.2) is 0 Å². The van der Waals surface area contributed by atoms with Gasteiger partial charge >= 0.3 is 0 Å². The number of fused-ring (bicyclic) bond motifs is 1. The predicted octanol–water partition coefficient (Wildman–Crippen LogP) is 3.10. The summed E-state index contributed by atoms with van der Waals surface area (Å²) in [6.07, 6.45) is -0.0138. The molecular formula is C20H19N5O3S. The van der Waals surface area contributed by atoms with Crippen LogP contribution in [0.5, 0.6) is 5.75 Å². The zero-order valence-corrected chi connectivity index (χ0v) is 16.5. The van der Waals surface area contributed by atoms with E-state index in [2.05, 4.69) is 20.7 Å². The molecule has 4 rings (SSSR count). The Morgan fingerprint density at radius 2 is 2.00 bits per heavy atom. The van der Waals surface area contributed by atoms with Crippen molar-refractivity contribution in [1.82, 2.24) is 14.8 Å². The van der Waals surface area contributed by atoms with E-state index in [1.807, 2.05) is 36.4 Å². The van der Waals surface area contributed by atoms with Crippen LogP contribution >= 0.6 is 11.8 Å². The van der Waals surface area contributed by atoms with Crippen molar-refractivity contribution < 1.29 is 14.3 Å². The lowest BCUT2D eigenvalue weighted by Crippen LogP contribution is -2.36. The Labute approximate surface area is 171 Å². The monoisotopic (exact) mass is 409 g/mol. The number of aromatic nitrogens is 3. The van der Waals surface area contributed by atoms with Crippen LogP contribution in [0.15, 0.2) is 59.8 Å². The Morgan fingerprint density at radius 1 is 1.24 bits per heavy atom. The first kappa shape index (κ1) is 19.0. The van der Waals surface area contributed by atoms with Crippen molar-refractivity contribution >= 4 is 35.2 Å². The number of carbonyl (C=O) groups excluding carboxylic acids is 2. The lowest BCUT2D eigenvalue weighted by molar-refractivity contribution is -0.125. The molecule has 1 atom stereocenters. The van der Waals surface area contributed by atoms with Crippen molar-refractivity contribution in [3.63, 3.8) is 0 Å². The first-order valence-electron chi connectivity index (χ1n) is 9.01. The molecule has 0 aliphatic carbocycles. The minimum absolute atomic E-state index is 0.0138. The number of ether oxygens (including phenoxy) is 1. The van der Waals surface area contributed by atoms with Gasteiger partial charge in [0.25, 0.3) is 0 Å². The second-order valence-corrected chi connectivity index (χ2v) is 7.34. The van der Waals surface area contributed by atoms with E-state index in [4.69, 9.17) is 4.74 Å². The molecule has 0 bridgehead atoms. The molecule has 9 heteroatoms.